The van der Waals surface area contributed by atoms with E-state index < -0.39 is 0 Å². The van der Waals surface area contributed by atoms with E-state index in [1.807, 2.05) is 0 Å². The van der Waals surface area contributed by atoms with Crippen LogP contribution in [0.3, 0.4) is 0 Å². The zero-order valence-corrected chi connectivity index (χ0v) is 9.58. The van der Waals surface area contributed by atoms with E-state index in [9.17, 15) is 0 Å². The van der Waals surface area contributed by atoms with Crippen LogP contribution >= 0.6 is 0 Å². The first-order chi connectivity index (χ1) is 7.31. The van der Waals surface area contributed by atoms with Gasteiger partial charge >= 0.3 is 0 Å². The Morgan fingerprint density at radius 2 is 2.20 bits per heavy atom. The average molecular weight is 203 g/mol. The Morgan fingerprint density at radius 1 is 1.40 bits per heavy atom. The molecule has 1 fully saturated rings. The van der Waals surface area contributed by atoms with Crippen molar-refractivity contribution in [2.75, 3.05) is 6.54 Å². The van der Waals surface area contributed by atoms with Gasteiger partial charge in [0.05, 0.1) is 0 Å². The van der Waals surface area contributed by atoms with Gasteiger partial charge in [0.2, 0.25) is 0 Å². The van der Waals surface area contributed by atoms with Gasteiger partial charge in [-0.3, -0.25) is 0 Å². The molecule has 1 unspecified atom stereocenters. The van der Waals surface area contributed by atoms with Crippen molar-refractivity contribution in [1.29, 1.82) is 0 Å². The molecule has 1 nitrogen and oxygen atoms in total. The first kappa shape index (κ1) is 10.7. The van der Waals surface area contributed by atoms with Crippen molar-refractivity contribution >= 4 is 0 Å². The van der Waals surface area contributed by atoms with Crippen molar-refractivity contribution in [3.05, 3.63) is 35.4 Å². The molecular formula is C14H21N. The summed E-state index contributed by atoms with van der Waals surface area (Å²) >= 11 is 0. The maximum atomic E-state index is 5.58. The van der Waals surface area contributed by atoms with Crippen molar-refractivity contribution in [3.8, 4) is 0 Å². The lowest BCUT2D eigenvalue weighted by atomic mass is 9.74. The van der Waals surface area contributed by atoms with Crippen molar-refractivity contribution in [1.82, 2.24) is 0 Å². The van der Waals surface area contributed by atoms with E-state index in [2.05, 4.69) is 31.2 Å². The maximum absolute atomic E-state index is 5.58. The molecule has 0 spiro atoms. The van der Waals surface area contributed by atoms with Gasteiger partial charge in [-0.15, -0.1) is 0 Å². The fourth-order valence-electron chi connectivity index (χ4n) is 2.41. The standard InChI is InChI=1S/C14H21N/c1-11(13-5-3-6-13)14-7-2-4-12(10-14)8-9-15/h2,4,7,10-11,13H,3,5-6,8-9,15H2,1H3. The SMILES string of the molecule is CC(c1cccc(CCN)c1)C1CCC1. The van der Waals surface area contributed by atoms with Crippen molar-refractivity contribution in [3.63, 3.8) is 0 Å². The summed E-state index contributed by atoms with van der Waals surface area (Å²) in [5, 5.41) is 0. The highest BCUT2D eigenvalue weighted by molar-refractivity contribution is 5.27. The van der Waals surface area contributed by atoms with E-state index in [4.69, 9.17) is 5.73 Å². The third-order valence-electron chi connectivity index (χ3n) is 3.77. The molecule has 0 aromatic heterocycles. The lowest BCUT2D eigenvalue weighted by Gasteiger charge is -2.32. The molecule has 15 heavy (non-hydrogen) atoms. The molecule has 0 saturated heterocycles. The van der Waals surface area contributed by atoms with Crippen molar-refractivity contribution in [2.24, 2.45) is 11.7 Å². The number of nitrogens with two attached hydrogens (primary N) is 1. The molecule has 0 amide bonds. The first-order valence-corrected chi connectivity index (χ1v) is 6.10. The molecule has 1 aliphatic carbocycles. The van der Waals surface area contributed by atoms with Crippen LogP contribution < -0.4 is 5.73 Å². The molecule has 1 aliphatic rings. The van der Waals surface area contributed by atoms with E-state index in [-0.39, 0.29) is 0 Å². The summed E-state index contributed by atoms with van der Waals surface area (Å²) in [6, 6.07) is 8.97. The monoisotopic (exact) mass is 203 g/mol. The molecule has 0 radical (unpaired) electrons. The molecule has 1 aromatic rings. The minimum Gasteiger partial charge on any atom is -0.330 e. The van der Waals surface area contributed by atoms with E-state index in [0.29, 0.717) is 0 Å². The lowest BCUT2D eigenvalue weighted by molar-refractivity contribution is 0.272. The second-order valence-electron chi connectivity index (χ2n) is 4.76. The van der Waals surface area contributed by atoms with Crippen LogP contribution in [0.2, 0.25) is 0 Å². The van der Waals surface area contributed by atoms with Crippen LogP contribution in [0.15, 0.2) is 24.3 Å². The number of benzene rings is 1. The highest BCUT2D eigenvalue weighted by Gasteiger charge is 2.24. The molecule has 82 valence electrons. The van der Waals surface area contributed by atoms with Gasteiger partial charge in [0.1, 0.15) is 0 Å². The van der Waals surface area contributed by atoms with Crippen LogP contribution in [0.5, 0.6) is 0 Å². The Bertz CT molecular complexity index is 315. The molecule has 0 aliphatic heterocycles. The van der Waals surface area contributed by atoms with Gasteiger partial charge < -0.3 is 5.73 Å². The predicted octanol–water partition coefficient (Wildman–Crippen LogP) is 3.09. The maximum Gasteiger partial charge on any atom is -0.00367 e. The molecule has 1 heteroatoms. The molecule has 1 saturated carbocycles. The summed E-state index contributed by atoms with van der Waals surface area (Å²) in [6.45, 7) is 3.12. The van der Waals surface area contributed by atoms with E-state index in [0.717, 1.165) is 24.8 Å². The normalized spacial score (nSPS) is 18.5. The number of hydrogen-bond acceptors (Lipinski definition) is 1. The topological polar surface area (TPSA) is 26.0 Å². The molecule has 2 N–H and O–H groups in total. The summed E-state index contributed by atoms with van der Waals surface area (Å²) in [6.07, 6.45) is 5.27. The van der Waals surface area contributed by atoms with E-state index in [1.165, 1.54) is 30.4 Å². The van der Waals surface area contributed by atoms with Gasteiger partial charge in [-0.05, 0) is 48.8 Å². The second-order valence-corrected chi connectivity index (χ2v) is 4.76. The summed E-state index contributed by atoms with van der Waals surface area (Å²) in [5.41, 5.74) is 8.48. The number of hydrogen-bond donors (Lipinski definition) is 1. The fourth-order valence-corrected chi connectivity index (χ4v) is 2.41. The molecule has 1 aromatic carbocycles. The Hall–Kier alpha value is -0.820. The predicted molar refractivity (Wildman–Crippen MR) is 65.0 cm³/mol. The molecule has 0 bridgehead atoms. The molecular weight excluding hydrogens is 182 g/mol. The molecule has 2 rings (SSSR count). The molecule has 1 atom stereocenters. The largest absolute Gasteiger partial charge is 0.330 e. The molecule has 0 heterocycles. The van der Waals surface area contributed by atoms with Gasteiger partial charge in [0, 0.05) is 0 Å². The zero-order chi connectivity index (χ0) is 10.7. The third kappa shape index (κ3) is 2.40. The quantitative estimate of drug-likeness (QED) is 0.799. The average Bonchev–Trinajstić information content (AvgIpc) is 2.16. The van der Waals surface area contributed by atoms with Crippen LogP contribution in [0.25, 0.3) is 0 Å². The van der Waals surface area contributed by atoms with Gasteiger partial charge in [-0.1, -0.05) is 37.6 Å². The van der Waals surface area contributed by atoms with Gasteiger partial charge in [-0.2, -0.15) is 0 Å². The van der Waals surface area contributed by atoms with Crippen LogP contribution in [0.1, 0.15) is 43.2 Å². The summed E-state index contributed by atoms with van der Waals surface area (Å²) < 4.78 is 0. The summed E-state index contributed by atoms with van der Waals surface area (Å²) in [4.78, 5) is 0. The lowest BCUT2D eigenvalue weighted by Crippen LogP contribution is -2.18. The first-order valence-electron chi connectivity index (χ1n) is 6.10. The van der Waals surface area contributed by atoms with Crippen LogP contribution in [0.4, 0.5) is 0 Å². The highest BCUT2D eigenvalue weighted by atomic mass is 14.5. The van der Waals surface area contributed by atoms with Gasteiger partial charge in [0.25, 0.3) is 0 Å². The fraction of sp³-hybridized carbons (Fsp3) is 0.571. The van der Waals surface area contributed by atoms with Crippen molar-refractivity contribution in [2.45, 2.75) is 38.5 Å². The second kappa shape index (κ2) is 4.80. The number of rotatable bonds is 4. The minimum absolute atomic E-state index is 0.733. The van der Waals surface area contributed by atoms with Gasteiger partial charge in [0.15, 0.2) is 0 Å². The third-order valence-corrected chi connectivity index (χ3v) is 3.77. The van der Waals surface area contributed by atoms with Crippen LogP contribution in [0, 0.1) is 5.92 Å². The Kier molecular flexibility index (Phi) is 3.42. The van der Waals surface area contributed by atoms with Crippen LogP contribution in [-0.2, 0) is 6.42 Å². The zero-order valence-electron chi connectivity index (χ0n) is 9.58. The smallest absolute Gasteiger partial charge is 0.00367 e. The van der Waals surface area contributed by atoms with E-state index >= 15 is 0 Å². The van der Waals surface area contributed by atoms with Crippen molar-refractivity contribution < 1.29 is 0 Å². The highest BCUT2D eigenvalue weighted by Crippen LogP contribution is 2.38. The Morgan fingerprint density at radius 3 is 2.80 bits per heavy atom. The summed E-state index contributed by atoms with van der Waals surface area (Å²) in [5.74, 6) is 1.66. The Labute approximate surface area is 92.7 Å². The Balaban J connectivity index is 2.09. The van der Waals surface area contributed by atoms with Gasteiger partial charge in [-0.25, -0.2) is 0 Å². The summed E-state index contributed by atoms with van der Waals surface area (Å²) in [7, 11) is 0. The minimum atomic E-state index is 0.733. The van der Waals surface area contributed by atoms with E-state index in [1.54, 1.807) is 0 Å². The van der Waals surface area contributed by atoms with Crippen LogP contribution in [-0.4, -0.2) is 6.54 Å².